The van der Waals surface area contributed by atoms with Gasteiger partial charge in [0, 0.05) is 17.5 Å². The summed E-state index contributed by atoms with van der Waals surface area (Å²) >= 11 is 1.39. The van der Waals surface area contributed by atoms with Gasteiger partial charge in [-0.1, -0.05) is 13.8 Å². The van der Waals surface area contributed by atoms with Crippen LogP contribution in [-0.4, -0.2) is 16.3 Å². The van der Waals surface area contributed by atoms with Crippen molar-refractivity contribution < 1.29 is 13.2 Å². The van der Waals surface area contributed by atoms with E-state index in [1.807, 2.05) is 13.8 Å². The van der Waals surface area contributed by atoms with Crippen LogP contribution in [0.3, 0.4) is 0 Å². The molecule has 1 rings (SSSR count). The smallest absolute Gasteiger partial charge is 0.327 e. The van der Waals surface area contributed by atoms with Gasteiger partial charge in [0.15, 0.2) is 0 Å². The Hall–Kier alpha value is -0.750. The third kappa shape index (κ3) is 4.20. The lowest BCUT2D eigenvalue weighted by Gasteiger charge is -2.17. The van der Waals surface area contributed by atoms with E-state index >= 15 is 0 Å². The summed E-state index contributed by atoms with van der Waals surface area (Å²) in [5, 5.41) is 0.693. The van der Waals surface area contributed by atoms with E-state index < -0.39 is 11.7 Å². The minimum Gasteiger partial charge on any atom is -0.327 e. The van der Waals surface area contributed by atoms with Gasteiger partial charge in [-0.3, -0.25) is 0 Å². The molecule has 0 saturated carbocycles. The van der Waals surface area contributed by atoms with Gasteiger partial charge in [0.05, 0.1) is 10.6 Å². The summed E-state index contributed by atoms with van der Waals surface area (Å²) in [6.07, 6.45) is -2.65. The molecule has 0 saturated heterocycles. The van der Waals surface area contributed by atoms with Crippen LogP contribution in [0.1, 0.15) is 25.8 Å². The van der Waals surface area contributed by atoms with Crippen LogP contribution in [0.25, 0.3) is 0 Å². The fourth-order valence-corrected chi connectivity index (χ4v) is 2.24. The molecular formula is C11H15F3N2S. The van der Waals surface area contributed by atoms with Crippen molar-refractivity contribution >= 4 is 11.8 Å². The highest BCUT2D eigenvalue weighted by atomic mass is 32.2. The highest BCUT2D eigenvalue weighted by molar-refractivity contribution is 7.99. The molecular weight excluding hydrogens is 249 g/mol. The van der Waals surface area contributed by atoms with E-state index in [-0.39, 0.29) is 11.3 Å². The number of alkyl halides is 3. The molecule has 0 bridgehead atoms. The Morgan fingerprint density at radius 2 is 2.06 bits per heavy atom. The van der Waals surface area contributed by atoms with Gasteiger partial charge in [0.2, 0.25) is 0 Å². The third-order valence-corrected chi connectivity index (χ3v) is 3.65. The first-order chi connectivity index (χ1) is 7.84. The quantitative estimate of drug-likeness (QED) is 0.848. The molecule has 96 valence electrons. The largest absolute Gasteiger partial charge is 0.417 e. The highest BCUT2D eigenvalue weighted by Crippen LogP contribution is 2.30. The standard InChI is InChI=1S/C11H15F3N2S/c1-3-9(15)7(2)17-10-5-4-8(6-16-10)11(12,13)14/h4-7,9H,3,15H2,1-2H3. The minimum absolute atomic E-state index is 0.0177. The van der Waals surface area contributed by atoms with Gasteiger partial charge in [-0.25, -0.2) is 4.98 Å². The molecule has 0 aromatic carbocycles. The van der Waals surface area contributed by atoms with E-state index in [0.29, 0.717) is 5.03 Å². The van der Waals surface area contributed by atoms with Gasteiger partial charge in [-0.2, -0.15) is 13.2 Å². The molecule has 0 radical (unpaired) electrons. The van der Waals surface area contributed by atoms with E-state index in [0.717, 1.165) is 18.7 Å². The van der Waals surface area contributed by atoms with Crippen LogP contribution >= 0.6 is 11.8 Å². The van der Waals surface area contributed by atoms with Crippen molar-refractivity contribution in [3.63, 3.8) is 0 Å². The van der Waals surface area contributed by atoms with E-state index in [9.17, 15) is 13.2 Å². The molecule has 0 aliphatic carbocycles. The number of aromatic nitrogens is 1. The molecule has 2 N–H and O–H groups in total. The number of nitrogens with zero attached hydrogens (tertiary/aromatic N) is 1. The molecule has 6 heteroatoms. The summed E-state index contributed by atoms with van der Waals surface area (Å²) in [5.41, 5.74) is 5.11. The van der Waals surface area contributed by atoms with Crippen molar-refractivity contribution in [3.8, 4) is 0 Å². The van der Waals surface area contributed by atoms with Crippen molar-refractivity contribution in [2.75, 3.05) is 0 Å². The summed E-state index contributed by atoms with van der Waals surface area (Å²) in [6, 6.07) is 2.44. The van der Waals surface area contributed by atoms with Crippen LogP contribution in [0, 0.1) is 0 Å². The molecule has 0 spiro atoms. The maximum absolute atomic E-state index is 12.3. The molecule has 2 unspecified atom stereocenters. The number of nitrogens with two attached hydrogens (primary N) is 1. The minimum atomic E-state index is -4.33. The number of rotatable bonds is 4. The molecule has 1 aromatic heterocycles. The van der Waals surface area contributed by atoms with E-state index in [4.69, 9.17) is 5.73 Å². The van der Waals surface area contributed by atoms with Crippen molar-refractivity contribution in [3.05, 3.63) is 23.9 Å². The Labute approximate surface area is 103 Å². The second-order valence-electron chi connectivity index (χ2n) is 3.78. The van der Waals surface area contributed by atoms with Crippen molar-refractivity contribution in [2.24, 2.45) is 5.73 Å². The maximum atomic E-state index is 12.3. The van der Waals surface area contributed by atoms with Crippen molar-refractivity contribution in [1.29, 1.82) is 0 Å². The molecule has 0 fully saturated rings. The number of halogens is 3. The Kier molecular flexibility index (Phi) is 4.82. The molecule has 17 heavy (non-hydrogen) atoms. The molecule has 0 aliphatic heterocycles. The summed E-state index contributed by atoms with van der Waals surface area (Å²) in [4.78, 5) is 3.79. The lowest BCUT2D eigenvalue weighted by molar-refractivity contribution is -0.137. The van der Waals surface area contributed by atoms with Crippen molar-refractivity contribution in [2.45, 2.75) is 42.8 Å². The predicted molar refractivity (Wildman–Crippen MR) is 62.8 cm³/mol. The van der Waals surface area contributed by atoms with Crippen LogP contribution in [0.4, 0.5) is 13.2 Å². The van der Waals surface area contributed by atoms with Crippen LogP contribution in [0.2, 0.25) is 0 Å². The monoisotopic (exact) mass is 264 g/mol. The average molecular weight is 264 g/mol. The van der Waals surface area contributed by atoms with Crippen LogP contribution in [-0.2, 0) is 6.18 Å². The summed E-state index contributed by atoms with van der Waals surface area (Å²) in [6.45, 7) is 3.92. The maximum Gasteiger partial charge on any atom is 0.417 e. The normalized spacial score (nSPS) is 15.6. The molecule has 0 amide bonds. The van der Waals surface area contributed by atoms with Gasteiger partial charge in [-0.15, -0.1) is 11.8 Å². The molecule has 2 nitrogen and oxygen atoms in total. The Bertz CT molecular complexity index is 351. The fourth-order valence-electron chi connectivity index (χ4n) is 1.23. The number of thioether (sulfide) groups is 1. The van der Waals surface area contributed by atoms with Crippen molar-refractivity contribution in [1.82, 2.24) is 4.98 Å². The Balaban J connectivity index is 2.69. The third-order valence-electron chi connectivity index (χ3n) is 2.44. The summed E-state index contributed by atoms with van der Waals surface area (Å²) in [5.74, 6) is 0. The van der Waals surface area contributed by atoms with Crippen LogP contribution in [0.5, 0.6) is 0 Å². The zero-order valence-corrected chi connectivity index (χ0v) is 10.5. The lowest BCUT2D eigenvalue weighted by atomic mass is 10.2. The lowest BCUT2D eigenvalue weighted by Crippen LogP contribution is -2.29. The highest BCUT2D eigenvalue weighted by Gasteiger charge is 2.30. The van der Waals surface area contributed by atoms with E-state index in [1.54, 1.807) is 0 Å². The zero-order chi connectivity index (χ0) is 13.1. The Morgan fingerprint density at radius 3 is 2.47 bits per heavy atom. The molecule has 1 aromatic rings. The number of hydrogen-bond donors (Lipinski definition) is 1. The Morgan fingerprint density at radius 1 is 1.41 bits per heavy atom. The van der Waals surface area contributed by atoms with Gasteiger partial charge >= 0.3 is 6.18 Å². The average Bonchev–Trinajstić information content (AvgIpc) is 2.27. The predicted octanol–water partition coefficient (Wildman–Crippen LogP) is 3.32. The SMILES string of the molecule is CCC(N)C(C)Sc1ccc(C(F)(F)F)cn1. The van der Waals surface area contributed by atoms with Gasteiger partial charge in [0.25, 0.3) is 0 Å². The summed E-state index contributed by atoms with van der Waals surface area (Å²) in [7, 11) is 0. The van der Waals surface area contributed by atoms with Gasteiger partial charge < -0.3 is 5.73 Å². The summed E-state index contributed by atoms with van der Waals surface area (Å²) < 4.78 is 36.9. The second kappa shape index (κ2) is 5.73. The first-order valence-corrected chi connectivity index (χ1v) is 6.18. The van der Waals surface area contributed by atoms with Gasteiger partial charge in [0.1, 0.15) is 0 Å². The topological polar surface area (TPSA) is 38.9 Å². The van der Waals surface area contributed by atoms with Gasteiger partial charge in [-0.05, 0) is 18.6 Å². The van der Waals surface area contributed by atoms with Crippen LogP contribution < -0.4 is 5.73 Å². The first-order valence-electron chi connectivity index (χ1n) is 5.30. The molecule has 0 aliphatic rings. The van der Waals surface area contributed by atoms with E-state index in [2.05, 4.69) is 4.98 Å². The zero-order valence-electron chi connectivity index (χ0n) is 9.66. The molecule has 2 atom stereocenters. The second-order valence-corrected chi connectivity index (χ2v) is 5.18. The number of hydrogen-bond acceptors (Lipinski definition) is 3. The van der Waals surface area contributed by atoms with Crippen LogP contribution in [0.15, 0.2) is 23.4 Å². The number of pyridine rings is 1. The fraction of sp³-hybridized carbons (Fsp3) is 0.545. The first kappa shape index (κ1) is 14.3. The van der Waals surface area contributed by atoms with E-state index in [1.165, 1.54) is 17.8 Å². The molecule has 1 heterocycles.